The van der Waals surface area contributed by atoms with Crippen molar-refractivity contribution in [2.75, 3.05) is 13.1 Å². The van der Waals surface area contributed by atoms with Crippen molar-refractivity contribution in [1.82, 2.24) is 5.32 Å². The summed E-state index contributed by atoms with van der Waals surface area (Å²) in [5.41, 5.74) is 1.20. The molecular formula is C9H17N. The fraction of sp³-hybridized carbons (Fsp3) is 0.556. The summed E-state index contributed by atoms with van der Waals surface area (Å²) in [7, 11) is 0. The molecule has 0 aliphatic carbocycles. The molecule has 0 spiro atoms. The van der Waals surface area contributed by atoms with Gasteiger partial charge < -0.3 is 5.32 Å². The van der Waals surface area contributed by atoms with Crippen LogP contribution in [0.4, 0.5) is 0 Å². The molecule has 0 fully saturated rings. The molecule has 0 aliphatic heterocycles. The highest BCUT2D eigenvalue weighted by Gasteiger charge is 1.86. The molecule has 0 aromatic rings. The first-order chi connectivity index (χ1) is 4.81. The third-order valence-corrected chi connectivity index (χ3v) is 1.28. The van der Waals surface area contributed by atoms with Crippen molar-refractivity contribution in [2.45, 2.75) is 20.3 Å². The fourth-order valence-corrected chi connectivity index (χ4v) is 0.745. The van der Waals surface area contributed by atoms with Gasteiger partial charge in [0.15, 0.2) is 0 Å². The van der Waals surface area contributed by atoms with Crippen molar-refractivity contribution in [3.05, 3.63) is 24.3 Å². The highest BCUT2D eigenvalue weighted by Crippen LogP contribution is 1.97. The quantitative estimate of drug-likeness (QED) is 0.454. The van der Waals surface area contributed by atoms with Crippen molar-refractivity contribution >= 4 is 0 Å². The van der Waals surface area contributed by atoms with Crippen LogP contribution in [0.5, 0.6) is 0 Å². The van der Waals surface area contributed by atoms with Gasteiger partial charge >= 0.3 is 0 Å². The van der Waals surface area contributed by atoms with Crippen molar-refractivity contribution in [3.8, 4) is 0 Å². The lowest BCUT2D eigenvalue weighted by molar-refractivity contribution is 0.719. The summed E-state index contributed by atoms with van der Waals surface area (Å²) in [6.45, 7) is 10.1. The number of nitrogens with one attached hydrogen (secondary N) is 1. The Labute approximate surface area is 63.8 Å². The van der Waals surface area contributed by atoms with Crippen LogP contribution in [-0.4, -0.2) is 13.1 Å². The lowest BCUT2D eigenvalue weighted by Crippen LogP contribution is -2.13. The van der Waals surface area contributed by atoms with E-state index in [4.69, 9.17) is 0 Å². The van der Waals surface area contributed by atoms with Crippen molar-refractivity contribution in [2.24, 2.45) is 0 Å². The molecule has 0 aromatic heterocycles. The minimum atomic E-state index is 1.04. The average molecular weight is 139 g/mol. The summed E-state index contributed by atoms with van der Waals surface area (Å²) >= 11 is 0. The summed E-state index contributed by atoms with van der Waals surface area (Å²) < 4.78 is 0. The lowest BCUT2D eigenvalue weighted by Gasteiger charge is -1.99. The first-order valence-corrected chi connectivity index (χ1v) is 3.82. The maximum absolute atomic E-state index is 3.89. The molecule has 0 saturated heterocycles. The Balaban J connectivity index is 3.22. The molecule has 0 aromatic carbocycles. The Bertz CT molecular complexity index is 114. The van der Waals surface area contributed by atoms with E-state index in [-0.39, 0.29) is 0 Å². The first kappa shape index (κ1) is 9.44. The van der Waals surface area contributed by atoms with Crippen molar-refractivity contribution < 1.29 is 0 Å². The fourth-order valence-electron chi connectivity index (χ4n) is 0.745. The Hall–Kier alpha value is -0.560. The van der Waals surface area contributed by atoms with E-state index < -0.39 is 0 Å². The molecular weight excluding hydrogens is 122 g/mol. The Kier molecular flexibility index (Phi) is 6.19. The second-order valence-corrected chi connectivity index (χ2v) is 2.26. The molecule has 1 heteroatoms. The average Bonchev–Trinajstić information content (AvgIpc) is 1.89. The number of rotatable bonds is 5. The Morgan fingerprint density at radius 2 is 2.30 bits per heavy atom. The zero-order valence-electron chi connectivity index (χ0n) is 6.98. The van der Waals surface area contributed by atoms with E-state index in [1.54, 1.807) is 0 Å². The lowest BCUT2D eigenvalue weighted by atomic mass is 10.2. The zero-order chi connectivity index (χ0) is 7.82. The molecule has 0 amide bonds. The second kappa shape index (κ2) is 6.56. The van der Waals surface area contributed by atoms with Gasteiger partial charge in [0, 0.05) is 0 Å². The molecule has 1 N–H and O–H groups in total. The molecule has 0 heterocycles. The van der Waals surface area contributed by atoms with Gasteiger partial charge in [0.1, 0.15) is 0 Å². The highest BCUT2D eigenvalue weighted by molar-refractivity contribution is 5.13. The molecule has 0 saturated carbocycles. The molecule has 0 bridgehead atoms. The van der Waals surface area contributed by atoms with E-state index in [0.717, 1.165) is 19.5 Å². The van der Waals surface area contributed by atoms with E-state index in [2.05, 4.69) is 24.9 Å². The smallest absolute Gasteiger partial charge is 0.000868 e. The zero-order valence-corrected chi connectivity index (χ0v) is 6.98. The maximum atomic E-state index is 3.89. The topological polar surface area (TPSA) is 12.0 Å². The van der Waals surface area contributed by atoms with E-state index in [1.807, 2.05) is 13.0 Å². The third kappa shape index (κ3) is 5.57. The largest absolute Gasteiger partial charge is 0.317 e. The van der Waals surface area contributed by atoms with Crippen LogP contribution in [0.3, 0.4) is 0 Å². The van der Waals surface area contributed by atoms with Crippen LogP contribution in [0.25, 0.3) is 0 Å². The first-order valence-electron chi connectivity index (χ1n) is 3.82. The summed E-state index contributed by atoms with van der Waals surface area (Å²) in [5.74, 6) is 0. The van der Waals surface area contributed by atoms with Crippen LogP contribution in [0.2, 0.25) is 0 Å². The molecule has 0 rings (SSSR count). The third-order valence-electron chi connectivity index (χ3n) is 1.28. The van der Waals surface area contributed by atoms with Crippen LogP contribution in [-0.2, 0) is 0 Å². The van der Waals surface area contributed by atoms with Crippen LogP contribution in [0.15, 0.2) is 24.3 Å². The number of hydrogen-bond donors (Lipinski definition) is 1. The standard InChI is InChI=1S/C9H17N/c1-4-6-9(3)7-8-10-5-2/h4,6,10H,3,5,7-8H2,1-2H3/b6-4-. The van der Waals surface area contributed by atoms with E-state index in [0.29, 0.717) is 0 Å². The normalized spacial score (nSPS) is 10.6. The summed E-state index contributed by atoms with van der Waals surface area (Å²) in [6.07, 6.45) is 5.13. The van der Waals surface area contributed by atoms with Crippen LogP contribution in [0, 0.1) is 0 Å². The Morgan fingerprint density at radius 1 is 1.60 bits per heavy atom. The SMILES string of the molecule is C=C(/C=C\C)CCNCC. The van der Waals surface area contributed by atoms with Crippen molar-refractivity contribution in [3.63, 3.8) is 0 Å². The second-order valence-electron chi connectivity index (χ2n) is 2.26. The van der Waals surface area contributed by atoms with E-state index in [9.17, 15) is 0 Å². The van der Waals surface area contributed by atoms with Gasteiger partial charge in [0.05, 0.1) is 0 Å². The minimum Gasteiger partial charge on any atom is -0.317 e. The van der Waals surface area contributed by atoms with Gasteiger partial charge in [0.2, 0.25) is 0 Å². The van der Waals surface area contributed by atoms with Crippen LogP contribution >= 0.6 is 0 Å². The molecule has 0 radical (unpaired) electrons. The van der Waals surface area contributed by atoms with E-state index >= 15 is 0 Å². The predicted octanol–water partition coefficient (Wildman–Crippen LogP) is 2.12. The summed E-state index contributed by atoms with van der Waals surface area (Å²) in [4.78, 5) is 0. The molecule has 0 unspecified atom stereocenters. The number of hydrogen-bond acceptors (Lipinski definition) is 1. The molecule has 58 valence electrons. The van der Waals surface area contributed by atoms with Gasteiger partial charge in [0.25, 0.3) is 0 Å². The summed E-state index contributed by atoms with van der Waals surface area (Å²) in [5, 5.41) is 3.24. The molecule has 0 aliphatic rings. The van der Waals surface area contributed by atoms with Crippen LogP contribution < -0.4 is 5.32 Å². The minimum absolute atomic E-state index is 1.04. The van der Waals surface area contributed by atoms with Crippen LogP contribution in [0.1, 0.15) is 20.3 Å². The van der Waals surface area contributed by atoms with Gasteiger partial charge in [-0.05, 0) is 26.4 Å². The Morgan fingerprint density at radius 3 is 2.80 bits per heavy atom. The molecule has 0 atom stereocenters. The number of allylic oxidation sites excluding steroid dienone is 2. The van der Waals surface area contributed by atoms with Gasteiger partial charge in [-0.25, -0.2) is 0 Å². The van der Waals surface area contributed by atoms with Crippen molar-refractivity contribution in [1.29, 1.82) is 0 Å². The van der Waals surface area contributed by atoms with Gasteiger partial charge in [-0.15, -0.1) is 0 Å². The maximum Gasteiger partial charge on any atom is -0.000868 e. The summed E-state index contributed by atoms with van der Waals surface area (Å²) in [6, 6.07) is 0. The molecule has 1 nitrogen and oxygen atoms in total. The monoisotopic (exact) mass is 139 g/mol. The highest BCUT2D eigenvalue weighted by atomic mass is 14.8. The van der Waals surface area contributed by atoms with Gasteiger partial charge in [-0.2, -0.15) is 0 Å². The van der Waals surface area contributed by atoms with Gasteiger partial charge in [-0.3, -0.25) is 0 Å². The van der Waals surface area contributed by atoms with E-state index in [1.165, 1.54) is 5.57 Å². The predicted molar refractivity (Wildman–Crippen MR) is 47.1 cm³/mol. The molecule has 10 heavy (non-hydrogen) atoms. The van der Waals surface area contributed by atoms with Gasteiger partial charge in [-0.1, -0.05) is 31.2 Å².